The van der Waals surface area contributed by atoms with Crippen LogP contribution in [-0.4, -0.2) is 30.1 Å². The van der Waals surface area contributed by atoms with Gasteiger partial charge in [0, 0.05) is 58.5 Å². The van der Waals surface area contributed by atoms with Crippen molar-refractivity contribution in [3.63, 3.8) is 0 Å². The lowest BCUT2D eigenvalue weighted by molar-refractivity contribution is 0.102. The molecule has 7 nitrogen and oxygen atoms in total. The fourth-order valence-electron chi connectivity index (χ4n) is 4.54. The molecule has 1 N–H and O–H groups in total. The van der Waals surface area contributed by atoms with Crippen molar-refractivity contribution in [3.05, 3.63) is 114 Å². The number of fused-ring (bicyclic) bond motifs is 2. The Kier molecular flexibility index (Phi) is 6.10. The van der Waals surface area contributed by atoms with E-state index in [1.54, 1.807) is 35.1 Å². The fourth-order valence-corrected chi connectivity index (χ4v) is 4.54. The van der Waals surface area contributed by atoms with Crippen molar-refractivity contribution in [2.45, 2.75) is 20.4 Å². The number of carbonyl (C=O) groups is 1. The zero-order valence-corrected chi connectivity index (χ0v) is 21.3. The van der Waals surface area contributed by atoms with Gasteiger partial charge in [-0.05, 0) is 73.9 Å². The van der Waals surface area contributed by atoms with E-state index in [0.29, 0.717) is 16.9 Å². The van der Waals surface area contributed by atoms with E-state index >= 15 is 0 Å². The lowest BCUT2D eigenvalue weighted by Gasteiger charge is -2.08. The van der Waals surface area contributed by atoms with E-state index in [4.69, 9.17) is 0 Å². The van der Waals surface area contributed by atoms with Gasteiger partial charge in [0.1, 0.15) is 5.69 Å². The average molecular weight is 515 g/mol. The molecule has 6 aromatic rings. The molecule has 0 fully saturated rings. The first-order valence-electron chi connectivity index (χ1n) is 12.5. The van der Waals surface area contributed by atoms with E-state index in [2.05, 4.69) is 43.7 Å². The molecule has 0 saturated carbocycles. The van der Waals surface area contributed by atoms with Gasteiger partial charge in [-0.25, -0.2) is 14.5 Å². The molecule has 6 rings (SSSR count). The molecule has 0 aliphatic carbocycles. The molecular formula is C31H23FN6O. The van der Waals surface area contributed by atoms with Crippen molar-refractivity contribution in [2.75, 3.05) is 5.32 Å². The Hall–Kier alpha value is -5.29. The third kappa shape index (κ3) is 4.62. The predicted octanol–water partition coefficient (Wildman–Crippen LogP) is 5.87. The third-order valence-corrected chi connectivity index (χ3v) is 6.62. The maximum Gasteiger partial charge on any atom is 0.255 e. The number of nitrogens with zero attached hydrogens (tertiary/aromatic N) is 5. The Morgan fingerprint density at radius 3 is 2.74 bits per heavy atom. The van der Waals surface area contributed by atoms with E-state index in [-0.39, 0.29) is 5.91 Å². The monoisotopic (exact) mass is 514 g/mol. The summed E-state index contributed by atoms with van der Waals surface area (Å²) in [6, 6.07) is 18.0. The van der Waals surface area contributed by atoms with Crippen LogP contribution < -0.4 is 5.32 Å². The van der Waals surface area contributed by atoms with Crippen LogP contribution in [-0.2, 0) is 6.54 Å². The number of imidazole rings is 1. The largest absolute Gasteiger partial charge is 0.347 e. The lowest BCUT2D eigenvalue weighted by atomic mass is 10.0. The van der Waals surface area contributed by atoms with Gasteiger partial charge in [-0.15, -0.1) is 0 Å². The van der Waals surface area contributed by atoms with Crippen LogP contribution in [0.15, 0.2) is 85.5 Å². The zero-order valence-electron chi connectivity index (χ0n) is 21.3. The number of halogens is 1. The van der Waals surface area contributed by atoms with Gasteiger partial charge in [-0.1, -0.05) is 18.1 Å². The second-order valence-corrected chi connectivity index (χ2v) is 9.10. The number of hydrogen-bond acceptors (Lipinski definition) is 4. The summed E-state index contributed by atoms with van der Waals surface area (Å²) in [7, 11) is 0. The number of rotatable bonds is 4. The van der Waals surface area contributed by atoms with Crippen molar-refractivity contribution in [1.29, 1.82) is 0 Å². The minimum absolute atomic E-state index is 0.230. The number of aromatic nitrogens is 5. The molecule has 8 heteroatoms. The maximum absolute atomic E-state index is 13.3. The van der Waals surface area contributed by atoms with Crippen molar-refractivity contribution in [1.82, 2.24) is 24.1 Å². The quantitative estimate of drug-likeness (QED) is 0.236. The van der Waals surface area contributed by atoms with Gasteiger partial charge in [-0.2, -0.15) is 9.49 Å². The van der Waals surface area contributed by atoms with Crippen LogP contribution in [0.1, 0.15) is 34.1 Å². The smallest absolute Gasteiger partial charge is 0.255 e. The van der Waals surface area contributed by atoms with Crippen LogP contribution in [0, 0.1) is 24.7 Å². The molecule has 0 spiro atoms. The number of carbonyl (C=O) groups excluding carboxylic acids is 1. The summed E-state index contributed by atoms with van der Waals surface area (Å²) in [5.74, 6) is 5.54. The Morgan fingerprint density at radius 1 is 1.03 bits per heavy atom. The number of hydrogen-bond donors (Lipinski definition) is 1. The van der Waals surface area contributed by atoms with E-state index in [1.807, 2.05) is 49.5 Å². The van der Waals surface area contributed by atoms with Crippen molar-refractivity contribution < 1.29 is 9.18 Å². The van der Waals surface area contributed by atoms with E-state index in [0.717, 1.165) is 45.3 Å². The van der Waals surface area contributed by atoms with Gasteiger partial charge in [0.05, 0.1) is 11.7 Å². The van der Waals surface area contributed by atoms with Crippen LogP contribution >= 0.6 is 0 Å². The highest BCUT2D eigenvalue weighted by Crippen LogP contribution is 2.32. The molecule has 0 bridgehead atoms. The van der Waals surface area contributed by atoms with Crippen molar-refractivity contribution in [3.8, 4) is 23.0 Å². The van der Waals surface area contributed by atoms with Crippen LogP contribution in [0.4, 0.5) is 10.1 Å². The standard InChI is InChI=1S/C31H23FN6O/c1-3-37-19-27(23-9-13-29(32)33-17-23)26-12-10-24(16-28(26)37)36-31(39)22-7-6-20(2)21(15-22)8-11-25-18-34-30-5-4-14-35-38(25)30/h4-7,9-10,12-19H,3H2,1-2H3,(H,36,39). The summed E-state index contributed by atoms with van der Waals surface area (Å²) >= 11 is 0. The normalized spacial score (nSPS) is 10.9. The number of aryl methyl sites for hydroxylation is 2. The third-order valence-electron chi connectivity index (χ3n) is 6.62. The van der Waals surface area contributed by atoms with Gasteiger partial charge in [0.2, 0.25) is 5.95 Å². The maximum atomic E-state index is 13.3. The van der Waals surface area contributed by atoms with Crippen LogP contribution in [0.25, 0.3) is 27.7 Å². The van der Waals surface area contributed by atoms with Gasteiger partial charge >= 0.3 is 0 Å². The number of benzene rings is 2. The van der Waals surface area contributed by atoms with Crippen LogP contribution in [0.3, 0.4) is 0 Å². The first-order valence-corrected chi connectivity index (χ1v) is 12.5. The molecule has 39 heavy (non-hydrogen) atoms. The molecule has 0 unspecified atom stereocenters. The van der Waals surface area contributed by atoms with Gasteiger partial charge in [0.25, 0.3) is 5.91 Å². The highest BCUT2D eigenvalue weighted by molar-refractivity contribution is 6.06. The summed E-state index contributed by atoms with van der Waals surface area (Å²) in [6.45, 7) is 4.75. The first-order chi connectivity index (χ1) is 19.0. The topological polar surface area (TPSA) is 77.1 Å². The molecule has 4 aromatic heterocycles. The highest BCUT2D eigenvalue weighted by atomic mass is 19.1. The molecule has 0 atom stereocenters. The lowest BCUT2D eigenvalue weighted by Crippen LogP contribution is -2.12. The Morgan fingerprint density at radius 2 is 1.92 bits per heavy atom. The van der Waals surface area contributed by atoms with E-state index < -0.39 is 5.95 Å². The second-order valence-electron chi connectivity index (χ2n) is 9.10. The SMILES string of the molecule is CCn1cc(-c2ccc(F)nc2)c2ccc(NC(=O)c3ccc(C)c(C#Cc4cnc5cccnn45)c3)cc21. The van der Waals surface area contributed by atoms with Crippen LogP contribution in [0.2, 0.25) is 0 Å². The Balaban J connectivity index is 1.28. The Bertz CT molecular complexity index is 1920. The number of nitrogens with one attached hydrogen (secondary N) is 1. The summed E-state index contributed by atoms with van der Waals surface area (Å²) in [6.07, 6.45) is 6.92. The van der Waals surface area contributed by atoms with E-state index in [9.17, 15) is 9.18 Å². The second kappa shape index (κ2) is 9.88. The van der Waals surface area contributed by atoms with Crippen LogP contribution in [0.5, 0.6) is 0 Å². The summed E-state index contributed by atoms with van der Waals surface area (Å²) in [5.41, 5.74) is 7.04. The zero-order chi connectivity index (χ0) is 26.9. The number of amides is 1. The first kappa shape index (κ1) is 24.1. The highest BCUT2D eigenvalue weighted by Gasteiger charge is 2.13. The summed E-state index contributed by atoms with van der Waals surface area (Å²) < 4.78 is 17.1. The molecule has 0 radical (unpaired) electrons. The van der Waals surface area contributed by atoms with Gasteiger partial charge in [0.15, 0.2) is 5.65 Å². The molecule has 2 aromatic carbocycles. The molecule has 0 aliphatic rings. The summed E-state index contributed by atoms with van der Waals surface area (Å²) in [5, 5.41) is 8.30. The fraction of sp³-hybridized carbons (Fsp3) is 0.0968. The van der Waals surface area contributed by atoms with Gasteiger partial charge < -0.3 is 9.88 Å². The molecule has 0 aliphatic heterocycles. The van der Waals surface area contributed by atoms with Crippen molar-refractivity contribution in [2.24, 2.45) is 0 Å². The van der Waals surface area contributed by atoms with Gasteiger partial charge in [-0.3, -0.25) is 4.79 Å². The van der Waals surface area contributed by atoms with Crippen molar-refractivity contribution >= 4 is 28.1 Å². The minimum atomic E-state index is -0.513. The molecule has 0 saturated heterocycles. The molecular weight excluding hydrogens is 491 g/mol. The average Bonchev–Trinajstić information content (AvgIpc) is 3.54. The Labute approximate surface area is 224 Å². The predicted molar refractivity (Wildman–Crippen MR) is 149 cm³/mol. The number of anilines is 1. The number of pyridine rings is 1. The minimum Gasteiger partial charge on any atom is -0.347 e. The molecule has 4 heterocycles. The molecule has 1 amide bonds. The molecule has 190 valence electrons. The van der Waals surface area contributed by atoms with E-state index in [1.165, 1.54) is 12.3 Å². The summed E-state index contributed by atoms with van der Waals surface area (Å²) in [4.78, 5) is 21.3.